The van der Waals surface area contributed by atoms with E-state index in [1.807, 2.05) is 43.3 Å². The monoisotopic (exact) mass is 493 g/mol. The molecule has 1 heterocycles. The summed E-state index contributed by atoms with van der Waals surface area (Å²) < 4.78 is 12.3. The quantitative estimate of drug-likeness (QED) is 0.424. The van der Waals surface area contributed by atoms with Gasteiger partial charge >= 0.3 is 0 Å². The molecule has 3 aromatic rings. The fourth-order valence-corrected chi connectivity index (χ4v) is 5.98. The molecule has 3 aliphatic rings. The SMILES string of the molecule is CCOc1cc(C2C3=C(CCCC3=O)NC3=C2C(=O)CCC3)ccc1OCc1cccc2ccccc12. The second kappa shape index (κ2) is 9.89. The summed E-state index contributed by atoms with van der Waals surface area (Å²) in [5.41, 5.74) is 5.51. The maximum Gasteiger partial charge on any atom is 0.161 e. The molecule has 0 fully saturated rings. The van der Waals surface area contributed by atoms with Gasteiger partial charge in [0.15, 0.2) is 23.1 Å². The van der Waals surface area contributed by atoms with E-state index < -0.39 is 0 Å². The van der Waals surface area contributed by atoms with Gasteiger partial charge in [-0.05, 0) is 66.6 Å². The molecule has 0 spiro atoms. The summed E-state index contributed by atoms with van der Waals surface area (Å²) >= 11 is 0. The molecule has 37 heavy (non-hydrogen) atoms. The number of dihydropyridines is 1. The average molecular weight is 494 g/mol. The van der Waals surface area contributed by atoms with E-state index >= 15 is 0 Å². The van der Waals surface area contributed by atoms with Gasteiger partial charge in [0, 0.05) is 41.3 Å². The highest BCUT2D eigenvalue weighted by Crippen LogP contribution is 2.46. The van der Waals surface area contributed by atoms with Crippen molar-refractivity contribution in [1.82, 2.24) is 5.32 Å². The van der Waals surface area contributed by atoms with E-state index in [1.54, 1.807) is 0 Å². The number of allylic oxidation sites excluding steroid dienone is 4. The van der Waals surface area contributed by atoms with E-state index in [0.717, 1.165) is 59.4 Å². The number of hydrogen-bond acceptors (Lipinski definition) is 5. The van der Waals surface area contributed by atoms with E-state index in [1.165, 1.54) is 10.8 Å². The zero-order valence-electron chi connectivity index (χ0n) is 21.1. The molecular weight excluding hydrogens is 462 g/mol. The van der Waals surface area contributed by atoms with Crippen LogP contribution in [0.5, 0.6) is 11.5 Å². The third kappa shape index (κ3) is 4.33. The Labute approximate surface area is 217 Å². The third-order valence-electron chi connectivity index (χ3n) is 7.66. The van der Waals surface area contributed by atoms with Crippen LogP contribution in [0.1, 0.15) is 62.5 Å². The predicted molar refractivity (Wildman–Crippen MR) is 144 cm³/mol. The van der Waals surface area contributed by atoms with Gasteiger partial charge < -0.3 is 14.8 Å². The van der Waals surface area contributed by atoms with Crippen molar-refractivity contribution in [3.8, 4) is 11.5 Å². The summed E-state index contributed by atoms with van der Waals surface area (Å²) in [5, 5.41) is 5.83. The molecule has 0 saturated heterocycles. The Morgan fingerprint density at radius 3 is 2.22 bits per heavy atom. The van der Waals surface area contributed by atoms with Gasteiger partial charge in [-0.15, -0.1) is 0 Å². The summed E-state index contributed by atoms with van der Waals surface area (Å²) in [6.07, 6.45) is 4.43. The van der Waals surface area contributed by atoms with Crippen molar-refractivity contribution < 1.29 is 19.1 Å². The highest BCUT2D eigenvalue weighted by Gasteiger charge is 2.40. The van der Waals surface area contributed by atoms with Crippen LogP contribution in [0.2, 0.25) is 0 Å². The number of Topliss-reactive ketones (excluding diaryl/α,β-unsaturated/α-hetero) is 2. The molecular formula is C32H31NO4. The highest BCUT2D eigenvalue weighted by atomic mass is 16.5. The molecule has 188 valence electrons. The smallest absolute Gasteiger partial charge is 0.161 e. The van der Waals surface area contributed by atoms with Crippen molar-refractivity contribution in [2.45, 2.75) is 58.0 Å². The van der Waals surface area contributed by atoms with E-state index in [4.69, 9.17) is 9.47 Å². The fourth-order valence-electron chi connectivity index (χ4n) is 5.98. The third-order valence-corrected chi connectivity index (χ3v) is 7.66. The first-order valence-electron chi connectivity index (χ1n) is 13.3. The van der Waals surface area contributed by atoms with Gasteiger partial charge in [0.25, 0.3) is 0 Å². The molecule has 0 atom stereocenters. The largest absolute Gasteiger partial charge is 0.490 e. The highest BCUT2D eigenvalue weighted by molar-refractivity contribution is 6.06. The van der Waals surface area contributed by atoms with Crippen LogP contribution in [0.15, 0.2) is 83.2 Å². The summed E-state index contributed by atoms with van der Waals surface area (Å²) in [5.74, 6) is 1.21. The molecule has 0 radical (unpaired) electrons. The minimum absolute atomic E-state index is 0.137. The number of fused-ring (bicyclic) bond motifs is 1. The summed E-state index contributed by atoms with van der Waals surface area (Å²) in [6, 6.07) is 20.4. The summed E-state index contributed by atoms with van der Waals surface area (Å²) in [7, 11) is 0. The molecule has 5 nitrogen and oxygen atoms in total. The van der Waals surface area contributed by atoms with Gasteiger partial charge in [0.05, 0.1) is 6.61 Å². The van der Waals surface area contributed by atoms with Crippen LogP contribution < -0.4 is 14.8 Å². The Hall–Kier alpha value is -3.86. The molecule has 0 saturated carbocycles. The molecule has 0 aromatic heterocycles. The Balaban J connectivity index is 1.37. The number of carbonyl (C=O) groups is 2. The first kappa shape index (κ1) is 23.5. The van der Waals surface area contributed by atoms with Crippen molar-refractivity contribution in [2.24, 2.45) is 0 Å². The number of ether oxygens (including phenoxy) is 2. The first-order valence-corrected chi connectivity index (χ1v) is 13.3. The van der Waals surface area contributed by atoms with Crippen LogP contribution in [0.3, 0.4) is 0 Å². The van der Waals surface area contributed by atoms with E-state index in [9.17, 15) is 9.59 Å². The fraction of sp³-hybridized carbons (Fsp3) is 0.312. The van der Waals surface area contributed by atoms with Gasteiger partial charge in [0.1, 0.15) is 6.61 Å². The van der Waals surface area contributed by atoms with E-state index in [2.05, 4.69) is 29.6 Å². The lowest BCUT2D eigenvalue weighted by molar-refractivity contribution is -0.117. The molecule has 0 amide bonds. The van der Waals surface area contributed by atoms with Crippen LogP contribution in [-0.2, 0) is 16.2 Å². The normalized spacial score (nSPS) is 18.0. The first-order chi connectivity index (χ1) is 18.1. The maximum absolute atomic E-state index is 13.1. The van der Waals surface area contributed by atoms with Gasteiger partial charge in [-0.25, -0.2) is 0 Å². The lowest BCUT2D eigenvalue weighted by Gasteiger charge is -2.37. The summed E-state index contributed by atoms with van der Waals surface area (Å²) in [4.78, 5) is 26.3. The van der Waals surface area contributed by atoms with E-state index in [0.29, 0.717) is 37.6 Å². The Morgan fingerprint density at radius 2 is 1.49 bits per heavy atom. The van der Waals surface area contributed by atoms with Crippen LogP contribution in [0, 0.1) is 0 Å². The van der Waals surface area contributed by atoms with E-state index in [-0.39, 0.29) is 17.5 Å². The maximum atomic E-state index is 13.1. The molecule has 6 rings (SSSR count). The van der Waals surface area contributed by atoms with Crippen LogP contribution in [0.4, 0.5) is 0 Å². The Morgan fingerprint density at radius 1 is 0.784 bits per heavy atom. The minimum Gasteiger partial charge on any atom is -0.490 e. The predicted octanol–water partition coefficient (Wildman–Crippen LogP) is 6.52. The zero-order valence-corrected chi connectivity index (χ0v) is 21.1. The number of nitrogens with one attached hydrogen (secondary N) is 1. The summed E-state index contributed by atoms with van der Waals surface area (Å²) in [6.45, 7) is 2.85. The van der Waals surface area contributed by atoms with Gasteiger partial charge in [0.2, 0.25) is 0 Å². The van der Waals surface area contributed by atoms with Crippen LogP contribution >= 0.6 is 0 Å². The molecule has 0 bridgehead atoms. The van der Waals surface area contributed by atoms with Crippen molar-refractivity contribution in [3.05, 3.63) is 94.3 Å². The molecule has 1 N–H and O–H groups in total. The second-order valence-electron chi connectivity index (χ2n) is 9.96. The second-order valence-corrected chi connectivity index (χ2v) is 9.96. The van der Waals surface area contributed by atoms with Crippen molar-refractivity contribution in [3.63, 3.8) is 0 Å². The molecule has 2 aliphatic carbocycles. The number of benzene rings is 3. The average Bonchev–Trinajstić information content (AvgIpc) is 2.92. The van der Waals surface area contributed by atoms with Gasteiger partial charge in [-0.1, -0.05) is 48.5 Å². The minimum atomic E-state index is -0.349. The number of carbonyl (C=O) groups excluding carboxylic acids is 2. The standard InChI is InChI=1S/C32H31NO4/c1-2-36-29-18-21(16-17-28(29)37-19-22-10-5-9-20-8-3-4-11-23(20)22)30-31-24(12-6-14-26(31)34)33-25-13-7-15-27(35)32(25)30/h3-5,8-11,16-18,30,33H,2,6-7,12-15,19H2,1H3. The van der Waals surface area contributed by atoms with Crippen LogP contribution in [-0.4, -0.2) is 18.2 Å². The zero-order chi connectivity index (χ0) is 25.4. The molecule has 5 heteroatoms. The number of hydrogen-bond donors (Lipinski definition) is 1. The molecule has 1 aliphatic heterocycles. The van der Waals surface area contributed by atoms with Crippen molar-refractivity contribution in [2.75, 3.05) is 6.61 Å². The topological polar surface area (TPSA) is 64.6 Å². The lowest BCUT2D eigenvalue weighted by atomic mass is 9.71. The Bertz CT molecular complexity index is 1420. The lowest BCUT2D eigenvalue weighted by Crippen LogP contribution is -2.36. The molecule has 3 aromatic carbocycles. The molecule has 0 unspecified atom stereocenters. The van der Waals surface area contributed by atoms with Gasteiger partial charge in [-0.3, -0.25) is 9.59 Å². The van der Waals surface area contributed by atoms with Crippen molar-refractivity contribution >= 4 is 22.3 Å². The number of ketones is 2. The van der Waals surface area contributed by atoms with Crippen molar-refractivity contribution in [1.29, 1.82) is 0 Å². The number of rotatable bonds is 6. The Kier molecular flexibility index (Phi) is 6.29. The van der Waals surface area contributed by atoms with Gasteiger partial charge in [-0.2, -0.15) is 0 Å². The van der Waals surface area contributed by atoms with Crippen LogP contribution in [0.25, 0.3) is 10.8 Å².